The highest BCUT2D eigenvalue weighted by molar-refractivity contribution is 5.88. The Morgan fingerprint density at radius 1 is 1.24 bits per heavy atom. The highest BCUT2D eigenvalue weighted by atomic mass is 16.5. The van der Waals surface area contributed by atoms with Gasteiger partial charge in [-0.05, 0) is 26.0 Å². The van der Waals surface area contributed by atoms with Crippen molar-refractivity contribution in [3.8, 4) is 17.2 Å². The van der Waals surface area contributed by atoms with Crippen LogP contribution in [0.5, 0.6) is 17.2 Å². The Kier molecular flexibility index (Phi) is 4.52. The average Bonchev–Trinajstić information content (AvgIpc) is 2.46. The van der Waals surface area contributed by atoms with Gasteiger partial charge >= 0.3 is 0 Å². The van der Waals surface area contributed by atoms with Crippen LogP contribution in [-0.2, 0) is 0 Å². The topological polar surface area (TPSA) is 57.9 Å². The van der Waals surface area contributed by atoms with Crippen molar-refractivity contribution in [3.05, 3.63) is 40.3 Å². The molecule has 0 saturated heterocycles. The number of benzene rings is 1. The van der Waals surface area contributed by atoms with Crippen LogP contribution in [0.2, 0.25) is 0 Å². The summed E-state index contributed by atoms with van der Waals surface area (Å²) in [6.45, 7) is 4.34. The van der Waals surface area contributed by atoms with E-state index in [9.17, 15) is 4.79 Å². The lowest BCUT2D eigenvalue weighted by Crippen LogP contribution is -2.04. The number of ether oxygens (including phenoxy) is 3. The third kappa shape index (κ3) is 3.02. The maximum Gasteiger partial charge on any atom is 0.208 e. The molecule has 0 N–H and O–H groups in total. The first kappa shape index (κ1) is 15.0. The summed E-state index contributed by atoms with van der Waals surface area (Å²) in [5, 5.41) is 0.390. The molecule has 1 aromatic heterocycles. The van der Waals surface area contributed by atoms with Crippen molar-refractivity contribution in [2.45, 2.75) is 13.8 Å². The van der Waals surface area contributed by atoms with Gasteiger partial charge in [-0.1, -0.05) is 5.57 Å². The van der Waals surface area contributed by atoms with Gasteiger partial charge in [-0.2, -0.15) is 0 Å². The first-order valence-electron chi connectivity index (χ1n) is 6.51. The van der Waals surface area contributed by atoms with Gasteiger partial charge in [-0.15, -0.1) is 0 Å². The van der Waals surface area contributed by atoms with Gasteiger partial charge in [-0.25, -0.2) is 0 Å². The van der Waals surface area contributed by atoms with Gasteiger partial charge in [0.25, 0.3) is 0 Å². The number of fused-ring (bicyclic) bond motifs is 1. The van der Waals surface area contributed by atoms with Crippen LogP contribution in [-0.4, -0.2) is 20.8 Å². The van der Waals surface area contributed by atoms with E-state index in [0.29, 0.717) is 34.8 Å². The minimum absolute atomic E-state index is 0.163. The summed E-state index contributed by atoms with van der Waals surface area (Å²) >= 11 is 0. The van der Waals surface area contributed by atoms with E-state index in [1.165, 1.54) is 26.5 Å². The standard InChI is InChI=1S/C16H18O5/c1-10(2)5-7-21-15-13(18-3)9-11-12(17)6-8-20-14(11)16(15)19-4/h5-6,8-9H,7H2,1-4H3. The summed E-state index contributed by atoms with van der Waals surface area (Å²) in [5.74, 6) is 1.20. The molecular formula is C16H18O5. The molecule has 21 heavy (non-hydrogen) atoms. The number of hydrogen-bond donors (Lipinski definition) is 0. The van der Waals surface area contributed by atoms with Crippen LogP contribution in [0.25, 0.3) is 11.0 Å². The fraction of sp³-hybridized carbons (Fsp3) is 0.312. The van der Waals surface area contributed by atoms with E-state index in [1.807, 2.05) is 19.9 Å². The Morgan fingerprint density at radius 2 is 2.00 bits per heavy atom. The molecule has 0 atom stereocenters. The van der Waals surface area contributed by atoms with E-state index in [-0.39, 0.29) is 5.43 Å². The van der Waals surface area contributed by atoms with Crippen molar-refractivity contribution < 1.29 is 18.6 Å². The number of allylic oxidation sites excluding steroid dienone is 1. The van der Waals surface area contributed by atoms with Gasteiger partial charge in [0, 0.05) is 6.07 Å². The molecule has 112 valence electrons. The molecule has 0 bridgehead atoms. The van der Waals surface area contributed by atoms with Crippen LogP contribution >= 0.6 is 0 Å². The average molecular weight is 290 g/mol. The smallest absolute Gasteiger partial charge is 0.208 e. The predicted molar refractivity (Wildman–Crippen MR) is 80.5 cm³/mol. The molecule has 0 saturated carbocycles. The molecule has 0 aliphatic heterocycles. The summed E-state index contributed by atoms with van der Waals surface area (Å²) in [5.41, 5.74) is 1.32. The first-order valence-corrected chi connectivity index (χ1v) is 6.51. The molecule has 0 aliphatic carbocycles. The number of rotatable bonds is 5. The van der Waals surface area contributed by atoms with Crippen molar-refractivity contribution in [1.29, 1.82) is 0 Å². The van der Waals surface area contributed by atoms with Crippen molar-refractivity contribution in [3.63, 3.8) is 0 Å². The summed E-state index contributed by atoms with van der Waals surface area (Å²) in [7, 11) is 3.01. The molecule has 0 amide bonds. The van der Waals surface area contributed by atoms with Crippen LogP contribution < -0.4 is 19.6 Å². The Morgan fingerprint density at radius 3 is 2.62 bits per heavy atom. The normalized spacial score (nSPS) is 10.3. The summed E-state index contributed by atoms with van der Waals surface area (Å²) in [6.07, 6.45) is 3.27. The van der Waals surface area contributed by atoms with Crippen LogP contribution in [0.3, 0.4) is 0 Å². The molecule has 5 heteroatoms. The molecule has 0 spiro atoms. The molecule has 1 heterocycles. The van der Waals surface area contributed by atoms with Crippen molar-refractivity contribution >= 4 is 11.0 Å². The molecule has 0 fully saturated rings. The zero-order valence-corrected chi connectivity index (χ0v) is 12.6. The summed E-state index contributed by atoms with van der Waals surface area (Å²) < 4.78 is 21.8. The van der Waals surface area contributed by atoms with E-state index in [4.69, 9.17) is 18.6 Å². The fourth-order valence-corrected chi connectivity index (χ4v) is 1.92. The van der Waals surface area contributed by atoms with Gasteiger partial charge in [0.05, 0.1) is 25.9 Å². The summed E-state index contributed by atoms with van der Waals surface area (Å²) in [6, 6.07) is 2.95. The van der Waals surface area contributed by atoms with Crippen molar-refractivity contribution in [2.75, 3.05) is 20.8 Å². The van der Waals surface area contributed by atoms with E-state index in [0.717, 1.165) is 5.57 Å². The molecule has 1 aromatic carbocycles. The zero-order valence-electron chi connectivity index (χ0n) is 12.6. The van der Waals surface area contributed by atoms with Crippen molar-refractivity contribution in [1.82, 2.24) is 0 Å². The van der Waals surface area contributed by atoms with Gasteiger partial charge in [0.1, 0.15) is 6.61 Å². The third-order valence-electron chi connectivity index (χ3n) is 2.97. The molecule has 5 nitrogen and oxygen atoms in total. The monoisotopic (exact) mass is 290 g/mol. The lowest BCUT2D eigenvalue weighted by Gasteiger charge is -2.14. The lowest BCUT2D eigenvalue weighted by molar-refractivity contribution is 0.300. The van der Waals surface area contributed by atoms with Gasteiger partial charge in [0.15, 0.2) is 16.8 Å². The molecule has 0 aliphatic rings. The van der Waals surface area contributed by atoms with Crippen LogP contribution in [0.1, 0.15) is 13.8 Å². The van der Waals surface area contributed by atoms with Gasteiger partial charge in [-0.3, -0.25) is 4.79 Å². The third-order valence-corrected chi connectivity index (χ3v) is 2.97. The number of methoxy groups -OCH3 is 2. The molecule has 0 radical (unpaired) electrons. The lowest BCUT2D eigenvalue weighted by atomic mass is 10.2. The van der Waals surface area contributed by atoms with E-state index >= 15 is 0 Å². The van der Waals surface area contributed by atoms with Gasteiger partial charge < -0.3 is 18.6 Å². The molecule has 2 aromatic rings. The molecule has 0 unspecified atom stereocenters. The number of hydrogen-bond acceptors (Lipinski definition) is 5. The zero-order chi connectivity index (χ0) is 15.4. The minimum atomic E-state index is -0.163. The fourth-order valence-electron chi connectivity index (χ4n) is 1.92. The second-order valence-corrected chi connectivity index (χ2v) is 4.70. The van der Waals surface area contributed by atoms with Crippen LogP contribution in [0.15, 0.2) is 39.3 Å². The highest BCUT2D eigenvalue weighted by Gasteiger charge is 2.19. The largest absolute Gasteiger partial charge is 0.493 e. The Balaban J connectivity index is 2.62. The Hall–Kier alpha value is -2.43. The Bertz CT molecular complexity index is 723. The first-order chi connectivity index (χ1) is 10.1. The van der Waals surface area contributed by atoms with E-state index < -0.39 is 0 Å². The van der Waals surface area contributed by atoms with Gasteiger partial charge in [0.2, 0.25) is 11.5 Å². The highest BCUT2D eigenvalue weighted by Crippen LogP contribution is 2.42. The van der Waals surface area contributed by atoms with E-state index in [1.54, 1.807) is 6.07 Å². The second kappa shape index (κ2) is 6.35. The van der Waals surface area contributed by atoms with Crippen LogP contribution in [0, 0.1) is 0 Å². The quantitative estimate of drug-likeness (QED) is 0.792. The molecular weight excluding hydrogens is 272 g/mol. The second-order valence-electron chi connectivity index (χ2n) is 4.70. The van der Waals surface area contributed by atoms with Crippen LogP contribution in [0.4, 0.5) is 0 Å². The predicted octanol–water partition coefficient (Wildman–Crippen LogP) is 3.16. The van der Waals surface area contributed by atoms with Crippen molar-refractivity contribution in [2.24, 2.45) is 0 Å². The SMILES string of the molecule is COc1cc2c(=O)ccoc2c(OC)c1OCC=C(C)C. The maximum atomic E-state index is 11.9. The summed E-state index contributed by atoms with van der Waals surface area (Å²) in [4.78, 5) is 11.9. The maximum absolute atomic E-state index is 11.9. The molecule has 2 rings (SSSR count). The minimum Gasteiger partial charge on any atom is -0.493 e. The van der Waals surface area contributed by atoms with E-state index in [2.05, 4.69) is 0 Å². The Labute approximate surface area is 122 Å².